The quantitative estimate of drug-likeness (QED) is 0.273. The lowest BCUT2D eigenvalue weighted by Crippen LogP contribution is -2.40. The molecule has 0 radical (unpaired) electrons. The molecule has 0 saturated carbocycles. The first-order valence-corrected chi connectivity index (χ1v) is 11.0. The summed E-state index contributed by atoms with van der Waals surface area (Å²) in [6.07, 6.45) is 1.13. The van der Waals surface area contributed by atoms with E-state index in [1.807, 2.05) is 52.0 Å². The van der Waals surface area contributed by atoms with Crippen LogP contribution in [0.5, 0.6) is 0 Å². The standard InChI is InChI=1S/C23H39N5O4/c1-7-31-16-8-14-24-21(26-17-20(29)28(5)6)25-15-13-18-9-11-19(12-10-18)27-22(30)32-23(2,3)4/h9-12H,7-8,13-17H2,1-6H3,(H,27,30)(H2,24,25,26). The van der Waals surface area contributed by atoms with Gasteiger partial charge in [-0.2, -0.15) is 0 Å². The third-order valence-electron chi connectivity index (χ3n) is 4.14. The Morgan fingerprint density at radius 1 is 1.06 bits per heavy atom. The summed E-state index contributed by atoms with van der Waals surface area (Å²) in [4.78, 5) is 29.6. The maximum absolute atomic E-state index is 11.9. The zero-order valence-electron chi connectivity index (χ0n) is 20.3. The lowest BCUT2D eigenvalue weighted by atomic mass is 10.1. The highest BCUT2D eigenvalue weighted by molar-refractivity contribution is 5.85. The van der Waals surface area contributed by atoms with E-state index >= 15 is 0 Å². The van der Waals surface area contributed by atoms with Gasteiger partial charge in [0.2, 0.25) is 5.91 Å². The molecule has 9 heteroatoms. The van der Waals surface area contributed by atoms with Gasteiger partial charge < -0.3 is 25.0 Å². The van der Waals surface area contributed by atoms with Gasteiger partial charge in [0.15, 0.2) is 5.96 Å². The minimum absolute atomic E-state index is 0.0616. The Morgan fingerprint density at radius 2 is 1.72 bits per heavy atom. The van der Waals surface area contributed by atoms with Crippen molar-refractivity contribution in [1.29, 1.82) is 0 Å². The fourth-order valence-corrected chi connectivity index (χ4v) is 2.49. The minimum atomic E-state index is -0.539. The van der Waals surface area contributed by atoms with Crippen LogP contribution >= 0.6 is 0 Å². The summed E-state index contributed by atoms with van der Waals surface area (Å²) in [5.74, 6) is 0.536. The number of anilines is 1. The lowest BCUT2D eigenvalue weighted by Gasteiger charge is -2.19. The first kappa shape index (κ1) is 27.2. The molecule has 1 aromatic rings. The molecule has 2 amide bonds. The molecule has 1 aromatic carbocycles. The molecule has 0 saturated heterocycles. The third kappa shape index (κ3) is 12.8. The molecule has 0 bridgehead atoms. The Morgan fingerprint density at radius 3 is 2.31 bits per heavy atom. The number of benzene rings is 1. The lowest BCUT2D eigenvalue weighted by molar-refractivity contribution is -0.127. The zero-order chi connectivity index (χ0) is 24.0. The highest BCUT2D eigenvalue weighted by atomic mass is 16.6. The highest BCUT2D eigenvalue weighted by Gasteiger charge is 2.16. The predicted molar refractivity (Wildman–Crippen MR) is 128 cm³/mol. The van der Waals surface area contributed by atoms with Gasteiger partial charge in [0.1, 0.15) is 12.1 Å². The number of aliphatic imine (C=N–C) groups is 1. The van der Waals surface area contributed by atoms with Crippen LogP contribution in [0, 0.1) is 0 Å². The van der Waals surface area contributed by atoms with E-state index < -0.39 is 11.7 Å². The molecule has 0 aliphatic rings. The first-order valence-electron chi connectivity index (χ1n) is 11.0. The number of nitrogens with zero attached hydrogens (tertiary/aromatic N) is 2. The topological polar surface area (TPSA) is 104 Å². The number of carbonyl (C=O) groups excluding carboxylic acids is 2. The number of rotatable bonds is 11. The monoisotopic (exact) mass is 449 g/mol. The molecule has 0 spiro atoms. The Kier molecular flexibility index (Phi) is 12.2. The van der Waals surface area contributed by atoms with Crippen LogP contribution in [0.25, 0.3) is 0 Å². The van der Waals surface area contributed by atoms with Crippen LogP contribution in [-0.4, -0.2) is 75.4 Å². The van der Waals surface area contributed by atoms with Crippen molar-refractivity contribution >= 4 is 23.6 Å². The largest absolute Gasteiger partial charge is 0.444 e. The molecule has 0 aliphatic carbocycles. The number of hydrogen-bond acceptors (Lipinski definition) is 5. The van der Waals surface area contributed by atoms with Gasteiger partial charge in [0.25, 0.3) is 0 Å². The van der Waals surface area contributed by atoms with Crippen LogP contribution in [0.3, 0.4) is 0 Å². The summed E-state index contributed by atoms with van der Waals surface area (Å²) < 4.78 is 10.6. The Labute approximate surface area is 191 Å². The van der Waals surface area contributed by atoms with Gasteiger partial charge in [-0.05, 0) is 58.2 Å². The van der Waals surface area contributed by atoms with E-state index in [0.717, 1.165) is 18.4 Å². The zero-order valence-corrected chi connectivity index (χ0v) is 20.3. The van der Waals surface area contributed by atoms with Gasteiger partial charge in [-0.15, -0.1) is 0 Å². The van der Waals surface area contributed by atoms with Gasteiger partial charge >= 0.3 is 6.09 Å². The summed E-state index contributed by atoms with van der Waals surface area (Å²) in [6.45, 7) is 10.2. The second-order valence-electron chi connectivity index (χ2n) is 8.43. The van der Waals surface area contributed by atoms with E-state index in [1.54, 1.807) is 14.1 Å². The number of carbonyl (C=O) groups is 2. The second-order valence-corrected chi connectivity index (χ2v) is 8.43. The summed E-state index contributed by atoms with van der Waals surface area (Å²) in [7, 11) is 3.42. The van der Waals surface area contributed by atoms with Crippen LogP contribution in [0.4, 0.5) is 10.5 Å². The van der Waals surface area contributed by atoms with Crippen molar-refractivity contribution in [3.05, 3.63) is 29.8 Å². The van der Waals surface area contributed by atoms with Crippen molar-refractivity contribution < 1.29 is 19.1 Å². The molecular formula is C23H39N5O4. The van der Waals surface area contributed by atoms with Gasteiger partial charge in [0, 0.05) is 46.1 Å². The van der Waals surface area contributed by atoms with Crippen molar-refractivity contribution in [3.8, 4) is 0 Å². The molecule has 0 fully saturated rings. The number of amides is 2. The molecule has 0 atom stereocenters. The van der Waals surface area contributed by atoms with E-state index in [2.05, 4.69) is 20.9 Å². The van der Waals surface area contributed by atoms with Gasteiger partial charge in [0.05, 0.1) is 0 Å². The van der Waals surface area contributed by atoms with E-state index in [-0.39, 0.29) is 12.5 Å². The Balaban J connectivity index is 2.53. The van der Waals surface area contributed by atoms with Crippen molar-refractivity contribution in [2.24, 2.45) is 4.99 Å². The SMILES string of the molecule is CCOCCCNC(=NCC(=O)N(C)C)NCCc1ccc(NC(=O)OC(C)(C)C)cc1. The maximum Gasteiger partial charge on any atom is 0.412 e. The van der Waals surface area contributed by atoms with Crippen molar-refractivity contribution in [1.82, 2.24) is 15.5 Å². The average Bonchev–Trinajstić information content (AvgIpc) is 2.70. The van der Waals surface area contributed by atoms with Crippen LogP contribution in [0.2, 0.25) is 0 Å². The highest BCUT2D eigenvalue weighted by Crippen LogP contribution is 2.13. The number of likely N-dealkylation sites (N-methyl/N-ethyl adjacent to an activating group) is 1. The number of hydrogen-bond donors (Lipinski definition) is 3. The minimum Gasteiger partial charge on any atom is -0.444 e. The third-order valence-corrected chi connectivity index (χ3v) is 4.14. The number of nitrogens with one attached hydrogen (secondary N) is 3. The molecular weight excluding hydrogens is 410 g/mol. The van der Waals surface area contributed by atoms with Crippen molar-refractivity contribution in [2.45, 2.75) is 46.1 Å². The van der Waals surface area contributed by atoms with Crippen LogP contribution < -0.4 is 16.0 Å². The molecule has 0 heterocycles. The predicted octanol–water partition coefficient (Wildman–Crippen LogP) is 2.63. The van der Waals surface area contributed by atoms with E-state index in [4.69, 9.17) is 9.47 Å². The first-order chi connectivity index (χ1) is 15.1. The van der Waals surface area contributed by atoms with Gasteiger partial charge in [-0.25, -0.2) is 9.79 Å². The van der Waals surface area contributed by atoms with Crippen LogP contribution in [-0.2, 0) is 20.7 Å². The molecule has 1 rings (SSSR count). The Bertz CT molecular complexity index is 727. The summed E-state index contributed by atoms with van der Waals surface area (Å²) >= 11 is 0. The summed E-state index contributed by atoms with van der Waals surface area (Å²) in [6, 6.07) is 7.60. The number of guanidine groups is 1. The van der Waals surface area contributed by atoms with Gasteiger partial charge in [-0.1, -0.05) is 12.1 Å². The van der Waals surface area contributed by atoms with E-state index in [1.165, 1.54) is 4.90 Å². The van der Waals surface area contributed by atoms with Crippen molar-refractivity contribution in [3.63, 3.8) is 0 Å². The fourth-order valence-electron chi connectivity index (χ4n) is 2.49. The summed E-state index contributed by atoms with van der Waals surface area (Å²) in [5.41, 5.74) is 1.24. The Hall–Kier alpha value is -2.81. The molecule has 0 unspecified atom stereocenters. The molecule has 0 aromatic heterocycles. The fraction of sp³-hybridized carbons (Fsp3) is 0.609. The summed E-state index contributed by atoms with van der Waals surface area (Å²) in [5, 5.41) is 9.22. The molecule has 32 heavy (non-hydrogen) atoms. The smallest absolute Gasteiger partial charge is 0.412 e. The van der Waals surface area contributed by atoms with Crippen molar-refractivity contribution in [2.75, 3.05) is 52.3 Å². The molecule has 9 nitrogen and oxygen atoms in total. The normalized spacial score (nSPS) is 11.6. The number of ether oxygens (including phenoxy) is 2. The average molecular weight is 450 g/mol. The molecule has 0 aliphatic heterocycles. The van der Waals surface area contributed by atoms with Gasteiger partial charge in [-0.3, -0.25) is 10.1 Å². The van der Waals surface area contributed by atoms with Crippen LogP contribution in [0.1, 0.15) is 39.7 Å². The van der Waals surface area contributed by atoms with E-state index in [0.29, 0.717) is 38.0 Å². The van der Waals surface area contributed by atoms with E-state index in [9.17, 15) is 9.59 Å². The molecule has 180 valence electrons. The molecule has 3 N–H and O–H groups in total. The maximum atomic E-state index is 11.9. The second kappa shape index (κ2) is 14.3. The van der Waals surface area contributed by atoms with Crippen LogP contribution in [0.15, 0.2) is 29.3 Å².